The second kappa shape index (κ2) is 12.5. The summed E-state index contributed by atoms with van der Waals surface area (Å²) < 4.78 is 40.0. The van der Waals surface area contributed by atoms with Crippen molar-refractivity contribution in [3.8, 4) is 5.75 Å². The second-order valence-electron chi connectivity index (χ2n) is 11.0. The number of sulfonamides is 1. The lowest BCUT2D eigenvalue weighted by atomic mass is 9.94. The van der Waals surface area contributed by atoms with Gasteiger partial charge in [-0.1, -0.05) is 0 Å². The number of esters is 1. The van der Waals surface area contributed by atoms with Crippen molar-refractivity contribution in [2.45, 2.75) is 96.8 Å². The van der Waals surface area contributed by atoms with E-state index in [0.29, 0.717) is 24.0 Å². The summed E-state index contributed by atoms with van der Waals surface area (Å²) in [7, 11) is -3.99. The Bertz CT molecular complexity index is 1190. The molecule has 0 radical (unpaired) electrons. The van der Waals surface area contributed by atoms with Gasteiger partial charge in [0.25, 0.3) is 10.0 Å². The first-order chi connectivity index (χ1) is 16.8. The Balaban J connectivity index is 0.00000722. The molecule has 0 saturated heterocycles. The summed E-state index contributed by atoms with van der Waals surface area (Å²) in [6.45, 7) is 14.4. The number of halogens is 1. The summed E-state index contributed by atoms with van der Waals surface area (Å²) in [6.07, 6.45) is 1.25. The van der Waals surface area contributed by atoms with Crippen molar-refractivity contribution < 1.29 is 27.5 Å². The van der Waals surface area contributed by atoms with Crippen LogP contribution in [-0.2, 0) is 30.8 Å². The van der Waals surface area contributed by atoms with Gasteiger partial charge in [0, 0.05) is 18.5 Å². The van der Waals surface area contributed by atoms with Crippen molar-refractivity contribution in [3.05, 3.63) is 22.3 Å². The molecular weight excluding hydrogens is 534 g/mol. The molecular formula is C25H42ClN5O6S. The van der Waals surface area contributed by atoms with Crippen LogP contribution in [0.3, 0.4) is 0 Å². The maximum absolute atomic E-state index is 13.2. The number of ether oxygens (including phenoxy) is 2. The number of amides is 1. The van der Waals surface area contributed by atoms with Crippen LogP contribution in [0.15, 0.2) is 9.89 Å². The van der Waals surface area contributed by atoms with Crippen molar-refractivity contribution in [3.63, 3.8) is 0 Å². The fourth-order valence-corrected chi connectivity index (χ4v) is 5.70. The largest absolute Gasteiger partial charge is 0.487 e. The van der Waals surface area contributed by atoms with E-state index < -0.39 is 39.1 Å². The molecule has 1 aromatic rings. The maximum Gasteiger partial charge on any atom is 0.325 e. The van der Waals surface area contributed by atoms with E-state index in [-0.39, 0.29) is 42.8 Å². The molecule has 0 fully saturated rings. The summed E-state index contributed by atoms with van der Waals surface area (Å²) in [5.74, 6) is -0.560. The van der Waals surface area contributed by atoms with Gasteiger partial charge < -0.3 is 26.3 Å². The number of hydrogen-bond acceptors (Lipinski definition) is 8. The lowest BCUT2D eigenvalue weighted by Gasteiger charge is -2.20. The highest BCUT2D eigenvalue weighted by Crippen LogP contribution is 2.43. The molecule has 0 aromatic heterocycles. The number of nitrogens with two attached hydrogens (primary N) is 2. The number of nitrogens with one attached hydrogen (secondary N) is 2. The Kier molecular flexibility index (Phi) is 11.0. The van der Waals surface area contributed by atoms with Crippen molar-refractivity contribution in [1.29, 1.82) is 0 Å². The molecule has 216 valence electrons. The number of carbonyl (C=O) groups excluding carboxylic acids is 2. The van der Waals surface area contributed by atoms with Gasteiger partial charge in [-0.2, -0.15) is 0 Å². The van der Waals surface area contributed by atoms with Crippen LogP contribution in [0.2, 0.25) is 0 Å². The first-order valence-corrected chi connectivity index (χ1v) is 13.7. The lowest BCUT2D eigenvalue weighted by molar-refractivity contribution is -0.154. The molecule has 1 aromatic carbocycles. The van der Waals surface area contributed by atoms with Crippen molar-refractivity contribution in [1.82, 2.24) is 10.0 Å². The third-order valence-corrected chi connectivity index (χ3v) is 7.55. The predicted octanol–water partition coefficient (Wildman–Crippen LogP) is 1.91. The van der Waals surface area contributed by atoms with Crippen LogP contribution in [-0.4, -0.2) is 56.6 Å². The van der Waals surface area contributed by atoms with Gasteiger partial charge in [-0.3, -0.25) is 14.6 Å². The predicted molar refractivity (Wildman–Crippen MR) is 149 cm³/mol. The average molecular weight is 576 g/mol. The Morgan fingerprint density at radius 2 is 1.76 bits per heavy atom. The zero-order valence-corrected chi connectivity index (χ0v) is 25.1. The Hall–Kier alpha value is -2.57. The summed E-state index contributed by atoms with van der Waals surface area (Å²) in [4.78, 5) is 28.1. The molecule has 1 heterocycles. The van der Waals surface area contributed by atoms with Gasteiger partial charge in [0.05, 0.1) is 10.9 Å². The topological polar surface area (TPSA) is 175 Å². The summed E-state index contributed by atoms with van der Waals surface area (Å²) in [6, 6.07) is -0.860. The number of aliphatic imine (C=N–C) groups is 1. The number of carbonyl (C=O) groups is 2. The first-order valence-electron chi connectivity index (χ1n) is 12.2. The van der Waals surface area contributed by atoms with Crippen molar-refractivity contribution in [2.24, 2.45) is 16.5 Å². The zero-order chi connectivity index (χ0) is 28.3. The normalized spacial score (nSPS) is 15.6. The Labute approximate surface area is 231 Å². The third-order valence-electron chi connectivity index (χ3n) is 5.92. The number of hydrogen-bond donors (Lipinski definition) is 4. The van der Waals surface area contributed by atoms with E-state index in [2.05, 4.69) is 15.0 Å². The maximum atomic E-state index is 13.2. The average Bonchev–Trinajstić information content (AvgIpc) is 3.07. The van der Waals surface area contributed by atoms with Gasteiger partial charge in [-0.15, -0.1) is 12.4 Å². The van der Waals surface area contributed by atoms with Crippen LogP contribution in [0.25, 0.3) is 0 Å². The van der Waals surface area contributed by atoms with Crippen molar-refractivity contribution in [2.75, 3.05) is 13.1 Å². The minimum Gasteiger partial charge on any atom is -0.487 e. The number of fused-ring (bicyclic) bond motifs is 1. The highest BCUT2D eigenvalue weighted by molar-refractivity contribution is 7.90. The van der Waals surface area contributed by atoms with Gasteiger partial charge in [0.2, 0.25) is 11.9 Å². The van der Waals surface area contributed by atoms with Gasteiger partial charge in [0.15, 0.2) is 0 Å². The van der Waals surface area contributed by atoms with E-state index in [1.807, 2.05) is 20.8 Å². The van der Waals surface area contributed by atoms with Crippen LogP contribution < -0.4 is 26.2 Å². The highest BCUT2D eigenvalue weighted by Gasteiger charge is 2.36. The molecule has 0 saturated carbocycles. The molecule has 1 aliphatic heterocycles. The van der Waals surface area contributed by atoms with Gasteiger partial charge in [-0.25, -0.2) is 13.1 Å². The van der Waals surface area contributed by atoms with E-state index in [4.69, 9.17) is 20.9 Å². The van der Waals surface area contributed by atoms with E-state index in [1.165, 1.54) is 0 Å². The smallest absolute Gasteiger partial charge is 0.325 e. The Morgan fingerprint density at radius 3 is 2.34 bits per heavy atom. The minimum atomic E-state index is -3.99. The summed E-state index contributed by atoms with van der Waals surface area (Å²) in [5.41, 5.74) is 13.6. The standard InChI is InChI=1S/C25H41N5O6S.ClH/c1-14-15(2)21(16(3)17-12-25(7,8)36-20(14)17)37(33,34)30-23(27)28-11-9-10-18(26)22(32)29-13-19(31)35-24(4,5)6;/h18H,9-13,26H2,1-8H3,(H,29,32)(H3,27,28,30);1H/t18-;/m0./s1. The van der Waals surface area contributed by atoms with Gasteiger partial charge in [0.1, 0.15) is 23.5 Å². The molecule has 11 nitrogen and oxygen atoms in total. The molecule has 2 rings (SSSR count). The van der Waals surface area contributed by atoms with Crippen molar-refractivity contribution >= 4 is 40.3 Å². The first kappa shape index (κ1) is 33.5. The monoisotopic (exact) mass is 575 g/mol. The molecule has 1 amide bonds. The van der Waals surface area contributed by atoms with E-state index in [0.717, 1.165) is 16.9 Å². The fourth-order valence-electron chi connectivity index (χ4n) is 4.18. The fraction of sp³-hybridized carbons (Fsp3) is 0.640. The Morgan fingerprint density at radius 1 is 1.16 bits per heavy atom. The lowest BCUT2D eigenvalue weighted by Crippen LogP contribution is -2.43. The van der Waals surface area contributed by atoms with Crippen LogP contribution in [0.5, 0.6) is 5.75 Å². The third kappa shape index (κ3) is 8.74. The molecule has 13 heteroatoms. The minimum absolute atomic E-state index is 0. The highest BCUT2D eigenvalue weighted by atomic mass is 35.5. The molecule has 6 N–H and O–H groups in total. The van der Waals surface area contributed by atoms with Crippen LogP contribution in [0.1, 0.15) is 69.7 Å². The zero-order valence-electron chi connectivity index (χ0n) is 23.5. The molecule has 1 aliphatic rings. The molecule has 0 bridgehead atoms. The number of rotatable bonds is 9. The molecule has 1 atom stereocenters. The quantitative estimate of drug-likeness (QED) is 0.149. The van der Waals surface area contributed by atoms with Crippen LogP contribution in [0, 0.1) is 20.8 Å². The molecule has 0 unspecified atom stereocenters. The van der Waals surface area contributed by atoms with Gasteiger partial charge in [-0.05, 0) is 84.9 Å². The second-order valence-corrected chi connectivity index (χ2v) is 12.6. The molecule has 38 heavy (non-hydrogen) atoms. The SMILES string of the molecule is Cc1c(C)c(S(=O)(=O)NC(N)=NCCC[C@H](N)C(=O)NCC(=O)OC(C)(C)C)c(C)c2c1OC(C)(C)C2.Cl. The number of nitrogens with zero attached hydrogens (tertiary/aromatic N) is 1. The summed E-state index contributed by atoms with van der Waals surface area (Å²) in [5, 5.41) is 2.44. The number of benzene rings is 1. The number of guanidine groups is 1. The molecule has 0 spiro atoms. The van der Waals surface area contributed by atoms with Crippen LogP contribution >= 0.6 is 12.4 Å². The van der Waals surface area contributed by atoms with E-state index in [9.17, 15) is 18.0 Å². The van der Waals surface area contributed by atoms with Crippen LogP contribution in [0.4, 0.5) is 0 Å². The molecule has 0 aliphatic carbocycles. The van der Waals surface area contributed by atoms with E-state index in [1.54, 1.807) is 34.6 Å². The summed E-state index contributed by atoms with van der Waals surface area (Å²) >= 11 is 0. The van der Waals surface area contributed by atoms with Gasteiger partial charge >= 0.3 is 5.97 Å². The van der Waals surface area contributed by atoms with E-state index >= 15 is 0 Å².